The Hall–Kier alpha value is -1.07. The molecule has 0 saturated heterocycles. The third kappa shape index (κ3) is 3.48. The number of hydrogen-bond acceptors (Lipinski definition) is 4. The van der Waals surface area contributed by atoms with E-state index >= 15 is 0 Å². The fourth-order valence-electron chi connectivity index (χ4n) is 2.02. The van der Waals surface area contributed by atoms with Crippen molar-refractivity contribution in [1.82, 2.24) is 5.43 Å². The summed E-state index contributed by atoms with van der Waals surface area (Å²) < 4.78 is 5.90. The average Bonchev–Trinajstić information content (AvgIpc) is 2.77. The van der Waals surface area contributed by atoms with Crippen LogP contribution >= 0.6 is 22.9 Å². The molecule has 2 atom stereocenters. The van der Waals surface area contributed by atoms with Crippen molar-refractivity contribution in [2.45, 2.75) is 26.0 Å². The Morgan fingerprint density at radius 2 is 2.16 bits per heavy atom. The third-order valence-electron chi connectivity index (χ3n) is 3.00. The Bertz CT molecular complexity index is 544. The molecule has 3 N–H and O–H groups in total. The summed E-state index contributed by atoms with van der Waals surface area (Å²) in [7, 11) is 0. The highest BCUT2D eigenvalue weighted by Crippen LogP contribution is 2.27. The lowest BCUT2D eigenvalue weighted by atomic mass is 10.0. The summed E-state index contributed by atoms with van der Waals surface area (Å²) in [5, 5.41) is 2.72. The number of hydrazine groups is 1. The van der Waals surface area contributed by atoms with Crippen LogP contribution in [0, 0.1) is 6.92 Å². The number of halogens is 1. The third-order valence-corrected chi connectivity index (χ3v) is 4.10. The molecule has 1 aromatic carbocycles. The maximum atomic E-state index is 5.95. The molecule has 2 rings (SSSR count). The molecule has 0 aliphatic rings. The van der Waals surface area contributed by atoms with Crippen LogP contribution < -0.4 is 16.0 Å². The van der Waals surface area contributed by atoms with Crippen LogP contribution in [-0.2, 0) is 0 Å². The minimum absolute atomic E-state index is 0.0507. The molecule has 102 valence electrons. The fraction of sp³-hybridized carbons (Fsp3) is 0.286. The lowest BCUT2D eigenvalue weighted by Gasteiger charge is -2.24. The molecule has 1 aromatic heterocycles. The number of nitrogens with one attached hydrogen (secondary N) is 1. The van der Waals surface area contributed by atoms with Crippen molar-refractivity contribution in [3.8, 4) is 5.75 Å². The van der Waals surface area contributed by atoms with Crippen molar-refractivity contribution in [3.05, 3.63) is 51.2 Å². The number of thiophene rings is 1. The van der Waals surface area contributed by atoms with Gasteiger partial charge in [-0.3, -0.25) is 5.84 Å². The topological polar surface area (TPSA) is 47.3 Å². The lowest BCUT2D eigenvalue weighted by molar-refractivity contribution is 0.171. The van der Waals surface area contributed by atoms with Crippen LogP contribution in [0.4, 0.5) is 0 Å². The number of nitrogens with two attached hydrogens (primary N) is 1. The van der Waals surface area contributed by atoms with E-state index in [2.05, 4.69) is 23.8 Å². The first-order valence-corrected chi connectivity index (χ1v) is 7.30. The van der Waals surface area contributed by atoms with Gasteiger partial charge in [0.15, 0.2) is 0 Å². The first-order chi connectivity index (χ1) is 9.11. The minimum atomic E-state index is -0.100. The van der Waals surface area contributed by atoms with E-state index in [1.165, 1.54) is 10.4 Å². The van der Waals surface area contributed by atoms with E-state index in [1.54, 1.807) is 17.4 Å². The van der Waals surface area contributed by atoms with Gasteiger partial charge in [0.25, 0.3) is 0 Å². The Morgan fingerprint density at radius 1 is 1.37 bits per heavy atom. The highest BCUT2D eigenvalue weighted by molar-refractivity contribution is 7.10. The molecule has 0 aliphatic heterocycles. The van der Waals surface area contributed by atoms with Gasteiger partial charge in [-0.15, -0.1) is 11.3 Å². The summed E-state index contributed by atoms with van der Waals surface area (Å²) in [6.07, 6.45) is -0.100. The minimum Gasteiger partial charge on any atom is -0.489 e. The van der Waals surface area contributed by atoms with Gasteiger partial charge in [-0.25, -0.2) is 5.43 Å². The van der Waals surface area contributed by atoms with Crippen LogP contribution in [0.5, 0.6) is 5.75 Å². The number of hydrogen-bond donors (Lipinski definition) is 2. The fourth-order valence-corrected chi connectivity index (χ4v) is 2.95. The molecule has 2 unspecified atom stereocenters. The van der Waals surface area contributed by atoms with Crippen LogP contribution in [-0.4, -0.2) is 6.10 Å². The first kappa shape index (κ1) is 14.3. The van der Waals surface area contributed by atoms with E-state index in [-0.39, 0.29) is 12.1 Å². The van der Waals surface area contributed by atoms with Crippen molar-refractivity contribution < 1.29 is 4.74 Å². The summed E-state index contributed by atoms with van der Waals surface area (Å²) in [5.41, 5.74) is 4.00. The molecular weight excluding hydrogens is 280 g/mol. The zero-order chi connectivity index (χ0) is 13.8. The molecule has 0 saturated carbocycles. The first-order valence-electron chi connectivity index (χ1n) is 6.04. The number of ether oxygens (including phenoxy) is 1. The van der Waals surface area contributed by atoms with Crippen LogP contribution in [0.1, 0.15) is 23.4 Å². The molecular formula is C14H17ClN2OS. The van der Waals surface area contributed by atoms with Crippen molar-refractivity contribution >= 4 is 22.9 Å². The highest BCUT2D eigenvalue weighted by Gasteiger charge is 2.22. The number of benzene rings is 1. The van der Waals surface area contributed by atoms with Crippen LogP contribution in [0.25, 0.3) is 0 Å². The van der Waals surface area contributed by atoms with E-state index < -0.39 is 0 Å². The SMILES string of the molecule is Cc1sccc1C(NN)C(C)Oc1cccc(Cl)c1. The Morgan fingerprint density at radius 3 is 2.74 bits per heavy atom. The lowest BCUT2D eigenvalue weighted by Crippen LogP contribution is -2.38. The molecule has 0 fully saturated rings. The van der Waals surface area contributed by atoms with E-state index in [0.29, 0.717) is 5.02 Å². The highest BCUT2D eigenvalue weighted by atomic mass is 35.5. The smallest absolute Gasteiger partial charge is 0.121 e. The molecule has 0 aliphatic carbocycles. The Labute approximate surface area is 122 Å². The van der Waals surface area contributed by atoms with Gasteiger partial charge in [-0.2, -0.15) is 0 Å². The average molecular weight is 297 g/mol. The van der Waals surface area contributed by atoms with Gasteiger partial charge < -0.3 is 4.74 Å². The summed E-state index contributed by atoms with van der Waals surface area (Å²) in [5.74, 6) is 6.41. The monoisotopic (exact) mass is 296 g/mol. The van der Waals surface area contributed by atoms with Gasteiger partial charge in [0.2, 0.25) is 0 Å². The summed E-state index contributed by atoms with van der Waals surface area (Å²) in [6, 6.07) is 9.39. The van der Waals surface area contributed by atoms with Gasteiger partial charge >= 0.3 is 0 Å². The standard InChI is InChI=1S/C14H17ClN2OS/c1-9(18-12-5-3-4-11(15)8-12)14(17-16)13-6-7-19-10(13)2/h3-9,14,17H,16H2,1-2H3. The molecule has 0 radical (unpaired) electrons. The maximum Gasteiger partial charge on any atom is 0.121 e. The van der Waals surface area contributed by atoms with Gasteiger partial charge in [-0.05, 0) is 49.1 Å². The predicted molar refractivity (Wildman–Crippen MR) is 80.7 cm³/mol. The maximum absolute atomic E-state index is 5.95. The van der Waals surface area contributed by atoms with Crippen molar-refractivity contribution in [3.63, 3.8) is 0 Å². The molecule has 5 heteroatoms. The Balaban J connectivity index is 2.14. The molecule has 0 amide bonds. The van der Waals surface area contributed by atoms with Gasteiger partial charge in [0.05, 0.1) is 6.04 Å². The molecule has 3 nitrogen and oxygen atoms in total. The molecule has 2 aromatic rings. The van der Waals surface area contributed by atoms with Crippen LogP contribution in [0.2, 0.25) is 5.02 Å². The van der Waals surface area contributed by atoms with Crippen molar-refractivity contribution in [2.24, 2.45) is 5.84 Å². The zero-order valence-electron chi connectivity index (χ0n) is 10.9. The summed E-state index contributed by atoms with van der Waals surface area (Å²) in [4.78, 5) is 1.24. The molecule has 19 heavy (non-hydrogen) atoms. The largest absolute Gasteiger partial charge is 0.489 e. The van der Waals surface area contributed by atoms with E-state index in [1.807, 2.05) is 25.1 Å². The number of aryl methyl sites for hydroxylation is 1. The zero-order valence-corrected chi connectivity index (χ0v) is 12.5. The van der Waals surface area contributed by atoms with Gasteiger partial charge in [-0.1, -0.05) is 17.7 Å². The quantitative estimate of drug-likeness (QED) is 0.653. The van der Waals surface area contributed by atoms with Crippen molar-refractivity contribution in [2.75, 3.05) is 0 Å². The second kappa shape index (κ2) is 6.39. The molecule has 1 heterocycles. The number of rotatable bonds is 5. The predicted octanol–water partition coefficient (Wildman–Crippen LogP) is 3.68. The normalized spacial score (nSPS) is 14.1. The molecule has 0 bridgehead atoms. The van der Waals surface area contributed by atoms with Gasteiger partial charge in [0, 0.05) is 9.90 Å². The Kier molecular flexibility index (Phi) is 4.82. The van der Waals surface area contributed by atoms with Crippen LogP contribution in [0.15, 0.2) is 35.7 Å². The molecule has 0 spiro atoms. The van der Waals surface area contributed by atoms with E-state index in [4.69, 9.17) is 22.2 Å². The van der Waals surface area contributed by atoms with E-state index in [9.17, 15) is 0 Å². The van der Waals surface area contributed by atoms with Crippen molar-refractivity contribution in [1.29, 1.82) is 0 Å². The van der Waals surface area contributed by atoms with Crippen LogP contribution in [0.3, 0.4) is 0 Å². The van der Waals surface area contributed by atoms with E-state index in [0.717, 1.165) is 5.75 Å². The second-order valence-corrected chi connectivity index (χ2v) is 5.91. The summed E-state index contributed by atoms with van der Waals surface area (Å²) in [6.45, 7) is 4.07. The summed E-state index contributed by atoms with van der Waals surface area (Å²) >= 11 is 7.65. The second-order valence-electron chi connectivity index (χ2n) is 4.36. The van der Waals surface area contributed by atoms with Gasteiger partial charge in [0.1, 0.15) is 11.9 Å².